The van der Waals surface area contributed by atoms with Crippen LogP contribution in [-0.2, 0) is 11.2 Å². The number of carbonyl (C=O) groups is 1. The number of piperazine rings is 1. The zero-order valence-corrected chi connectivity index (χ0v) is 16.6. The van der Waals surface area contributed by atoms with Gasteiger partial charge in [0.2, 0.25) is 5.91 Å². The number of hydrogen-bond donors (Lipinski definition) is 1. The topological polar surface area (TPSA) is 44.8 Å². The van der Waals surface area contributed by atoms with Crippen molar-refractivity contribution in [1.82, 2.24) is 10.2 Å². The Morgan fingerprint density at radius 1 is 1.11 bits per heavy atom. The summed E-state index contributed by atoms with van der Waals surface area (Å²) in [6.45, 7) is 4.11. The number of rotatable bonds is 5. The number of aryl methyl sites for hydroxylation is 1. The first-order valence-electron chi connectivity index (χ1n) is 10.2. The van der Waals surface area contributed by atoms with Crippen LogP contribution in [0.3, 0.4) is 0 Å². The van der Waals surface area contributed by atoms with Crippen LogP contribution in [0.1, 0.15) is 30.0 Å². The van der Waals surface area contributed by atoms with Gasteiger partial charge in [-0.15, -0.1) is 0 Å². The van der Waals surface area contributed by atoms with Gasteiger partial charge in [0.05, 0.1) is 19.7 Å². The number of benzene rings is 2. The zero-order chi connectivity index (χ0) is 19.3. The monoisotopic (exact) mass is 379 g/mol. The number of amides is 1. The van der Waals surface area contributed by atoms with Crippen LogP contribution in [0.25, 0.3) is 0 Å². The predicted octanol–water partition coefficient (Wildman–Crippen LogP) is 3.01. The Morgan fingerprint density at radius 3 is 2.75 bits per heavy atom. The van der Waals surface area contributed by atoms with Crippen LogP contribution in [0.2, 0.25) is 0 Å². The summed E-state index contributed by atoms with van der Waals surface area (Å²) >= 11 is 0. The third kappa shape index (κ3) is 4.30. The van der Waals surface area contributed by atoms with Crippen LogP contribution < -0.4 is 15.0 Å². The second-order valence-corrected chi connectivity index (χ2v) is 7.68. The van der Waals surface area contributed by atoms with Crippen molar-refractivity contribution in [3.63, 3.8) is 0 Å². The van der Waals surface area contributed by atoms with Crippen molar-refractivity contribution in [2.45, 2.75) is 25.3 Å². The minimum Gasteiger partial charge on any atom is -0.497 e. The zero-order valence-electron chi connectivity index (χ0n) is 16.6. The lowest BCUT2D eigenvalue weighted by Gasteiger charge is -2.36. The molecule has 1 fully saturated rings. The third-order valence-corrected chi connectivity index (χ3v) is 5.86. The quantitative estimate of drug-likeness (QED) is 0.867. The molecular weight excluding hydrogens is 350 g/mol. The van der Waals surface area contributed by atoms with Crippen LogP contribution in [-0.4, -0.2) is 50.6 Å². The van der Waals surface area contributed by atoms with Crippen LogP contribution >= 0.6 is 0 Å². The lowest BCUT2D eigenvalue weighted by Crippen LogP contribution is -2.50. The molecule has 5 nitrogen and oxygen atoms in total. The summed E-state index contributed by atoms with van der Waals surface area (Å²) in [6.07, 6.45) is 3.29. The first-order chi connectivity index (χ1) is 13.7. The van der Waals surface area contributed by atoms with Gasteiger partial charge < -0.3 is 15.0 Å². The maximum absolute atomic E-state index is 12.6. The molecule has 2 aromatic carbocycles. The van der Waals surface area contributed by atoms with Crippen molar-refractivity contribution >= 4 is 11.6 Å². The fourth-order valence-electron chi connectivity index (χ4n) is 4.32. The van der Waals surface area contributed by atoms with Crippen LogP contribution in [0, 0.1) is 0 Å². The molecule has 0 saturated carbocycles. The van der Waals surface area contributed by atoms with Crippen LogP contribution in [0.4, 0.5) is 5.69 Å². The molecule has 1 aliphatic heterocycles. The second-order valence-electron chi connectivity index (χ2n) is 7.68. The van der Waals surface area contributed by atoms with E-state index in [4.69, 9.17) is 4.74 Å². The SMILES string of the molecule is COc1cccc(N2CCN(CC(=O)NC3CCCc4ccccc43)CC2)c1. The Kier molecular flexibility index (Phi) is 5.81. The average molecular weight is 380 g/mol. The molecule has 1 unspecified atom stereocenters. The van der Waals surface area contributed by atoms with Crippen LogP contribution in [0.5, 0.6) is 5.75 Å². The lowest BCUT2D eigenvalue weighted by molar-refractivity contribution is -0.123. The fourth-order valence-corrected chi connectivity index (χ4v) is 4.32. The van der Waals surface area contributed by atoms with Gasteiger partial charge in [-0.05, 0) is 42.5 Å². The van der Waals surface area contributed by atoms with Gasteiger partial charge >= 0.3 is 0 Å². The van der Waals surface area contributed by atoms with Gasteiger partial charge in [0, 0.05) is 37.9 Å². The largest absolute Gasteiger partial charge is 0.497 e. The maximum Gasteiger partial charge on any atom is 0.234 e. The molecule has 28 heavy (non-hydrogen) atoms. The van der Waals surface area contributed by atoms with Gasteiger partial charge in [0.1, 0.15) is 5.75 Å². The molecule has 0 radical (unpaired) electrons. The number of ether oxygens (including phenoxy) is 1. The van der Waals surface area contributed by atoms with Gasteiger partial charge in [-0.2, -0.15) is 0 Å². The predicted molar refractivity (Wildman–Crippen MR) is 112 cm³/mol. The van der Waals surface area contributed by atoms with Crippen LogP contribution in [0.15, 0.2) is 48.5 Å². The number of hydrogen-bond acceptors (Lipinski definition) is 4. The lowest BCUT2D eigenvalue weighted by atomic mass is 9.88. The average Bonchev–Trinajstić information content (AvgIpc) is 2.74. The van der Waals surface area contributed by atoms with Gasteiger partial charge in [0.15, 0.2) is 0 Å². The van der Waals surface area contributed by atoms with E-state index >= 15 is 0 Å². The van der Waals surface area contributed by atoms with E-state index in [2.05, 4.69) is 51.5 Å². The van der Waals surface area contributed by atoms with E-state index < -0.39 is 0 Å². The molecule has 1 N–H and O–H groups in total. The number of nitrogens with zero attached hydrogens (tertiary/aromatic N) is 2. The molecule has 0 bridgehead atoms. The summed E-state index contributed by atoms with van der Waals surface area (Å²) in [6, 6.07) is 16.8. The summed E-state index contributed by atoms with van der Waals surface area (Å²) < 4.78 is 5.33. The number of carbonyl (C=O) groups excluding carboxylic acids is 1. The summed E-state index contributed by atoms with van der Waals surface area (Å²) in [7, 11) is 1.69. The molecule has 0 spiro atoms. The fraction of sp³-hybridized carbons (Fsp3) is 0.435. The van der Waals surface area contributed by atoms with E-state index in [-0.39, 0.29) is 11.9 Å². The molecule has 4 rings (SSSR count). The highest BCUT2D eigenvalue weighted by atomic mass is 16.5. The number of anilines is 1. The molecule has 1 aliphatic carbocycles. The first kappa shape index (κ1) is 18.8. The smallest absolute Gasteiger partial charge is 0.234 e. The molecular formula is C23H29N3O2. The van der Waals surface area contributed by atoms with Crippen molar-refractivity contribution in [2.75, 3.05) is 44.7 Å². The van der Waals surface area contributed by atoms with E-state index in [1.54, 1.807) is 7.11 Å². The van der Waals surface area contributed by atoms with Crippen molar-refractivity contribution < 1.29 is 9.53 Å². The van der Waals surface area contributed by atoms with Gasteiger partial charge in [-0.1, -0.05) is 30.3 Å². The molecule has 2 aliphatic rings. The number of methoxy groups -OCH3 is 1. The third-order valence-electron chi connectivity index (χ3n) is 5.86. The molecule has 1 atom stereocenters. The van der Waals surface area contributed by atoms with Crippen molar-refractivity contribution in [1.29, 1.82) is 0 Å². The highest BCUT2D eigenvalue weighted by molar-refractivity contribution is 5.78. The van der Waals surface area contributed by atoms with Gasteiger partial charge in [-0.25, -0.2) is 0 Å². The molecule has 1 saturated heterocycles. The molecule has 2 aromatic rings. The number of fused-ring (bicyclic) bond motifs is 1. The summed E-state index contributed by atoms with van der Waals surface area (Å²) in [5.41, 5.74) is 3.86. The molecule has 148 valence electrons. The van der Waals surface area contributed by atoms with Gasteiger partial charge in [-0.3, -0.25) is 9.69 Å². The Bertz CT molecular complexity index is 815. The minimum absolute atomic E-state index is 0.136. The van der Waals surface area contributed by atoms with E-state index in [9.17, 15) is 4.79 Å². The van der Waals surface area contributed by atoms with E-state index in [0.717, 1.165) is 51.2 Å². The number of nitrogens with one attached hydrogen (secondary N) is 1. The van der Waals surface area contributed by atoms with Gasteiger partial charge in [0.25, 0.3) is 0 Å². The first-order valence-corrected chi connectivity index (χ1v) is 10.2. The standard InChI is InChI=1S/C23H29N3O2/c1-28-20-9-5-8-19(16-20)26-14-12-25(13-15-26)17-23(27)24-22-11-4-7-18-6-2-3-10-21(18)22/h2-3,5-6,8-10,16,22H,4,7,11-15,17H2,1H3,(H,24,27). The highest BCUT2D eigenvalue weighted by Crippen LogP contribution is 2.29. The molecule has 1 heterocycles. The molecule has 5 heteroatoms. The second kappa shape index (κ2) is 8.65. The summed E-state index contributed by atoms with van der Waals surface area (Å²) in [5, 5.41) is 3.27. The Labute approximate surface area is 167 Å². The Morgan fingerprint density at radius 2 is 1.93 bits per heavy atom. The van der Waals surface area contributed by atoms with Crippen molar-refractivity contribution in [3.05, 3.63) is 59.7 Å². The van der Waals surface area contributed by atoms with E-state index in [1.807, 2.05) is 12.1 Å². The highest BCUT2D eigenvalue weighted by Gasteiger charge is 2.24. The minimum atomic E-state index is 0.136. The summed E-state index contributed by atoms with van der Waals surface area (Å²) in [5.74, 6) is 1.02. The molecule has 1 amide bonds. The van der Waals surface area contributed by atoms with E-state index in [0.29, 0.717) is 6.54 Å². The Balaban J connectivity index is 1.29. The van der Waals surface area contributed by atoms with E-state index in [1.165, 1.54) is 16.8 Å². The maximum atomic E-state index is 12.6. The Hall–Kier alpha value is -2.53. The normalized spacial score (nSPS) is 19.8. The van der Waals surface area contributed by atoms with Crippen molar-refractivity contribution in [2.24, 2.45) is 0 Å². The van der Waals surface area contributed by atoms with Crippen molar-refractivity contribution in [3.8, 4) is 5.75 Å². The molecule has 0 aromatic heterocycles. The summed E-state index contributed by atoms with van der Waals surface area (Å²) in [4.78, 5) is 17.2.